The molecule has 1 saturated carbocycles. The van der Waals surface area contributed by atoms with E-state index in [0.717, 1.165) is 0 Å². The number of nitrogens with zero attached hydrogens (tertiary/aromatic N) is 1. The Labute approximate surface area is 157 Å². The van der Waals surface area contributed by atoms with Crippen molar-refractivity contribution in [3.8, 4) is 0 Å². The van der Waals surface area contributed by atoms with E-state index < -0.39 is 23.8 Å². The Morgan fingerprint density at radius 3 is 2.69 bits per heavy atom. The Hall–Kier alpha value is -2.28. The summed E-state index contributed by atoms with van der Waals surface area (Å²) < 4.78 is 34.7. The normalized spacial score (nSPS) is 26.5. The molecule has 1 aliphatic carbocycles. The maximum absolute atomic E-state index is 14.2. The van der Waals surface area contributed by atoms with Crippen LogP contribution in [0.2, 0.25) is 0 Å². The quantitative estimate of drug-likeness (QED) is 0.811. The van der Waals surface area contributed by atoms with Gasteiger partial charge in [-0.15, -0.1) is 0 Å². The molecule has 0 radical (unpaired) electrons. The van der Waals surface area contributed by atoms with Gasteiger partial charge in [0, 0.05) is 16.0 Å². The second-order valence-corrected chi connectivity index (χ2v) is 7.29. The van der Waals surface area contributed by atoms with Gasteiger partial charge in [0.2, 0.25) is 0 Å². The summed E-state index contributed by atoms with van der Waals surface area (Å²) in [7, 11) is 0. The van der Waals surface area contributed by atoms with E-state index in [0.29, 0.717) is 22.0 Å². The van der Waals surface area contributed by atoms with E-state index in [9.17, 15) is 13.6 Å². The molecule has 0 spiro atoms. The minimum absolute atomic E-state index is 0.155. The molecule has 3 atom stereocenters. The van der Waals surface area contributed by atoms with Crippen LogP contribution in [-0.2, 0) is 10.3 Å². The summed E-state index contributed by atoms with van der Waals surface area (Å²) in [5, 5.41) is 2.53. The number of ether oxygens (including phenoxy) is 1. The Kier molecular flexibility index (Phi) is 4.26. The molecule has 1 heterocycles. The SMILES string of the molecule is O=C(NC1=N[C@@](c2cccc(Br)c2)(C(F)F)[C@H]2CC2O1)c1ccccc1. The van der Waals surface area contributed by atoms with Gasteiger partial charge in [0.25, 0.3) is 18.4 Å². The van der Waals surface area contributed by atoms with E-state index in [2.05, 4.69) is 26.2 Å². The Morgan fingerprint density at radius 2 is 2.00 bits per heavy atom. The molecule has 2 aliphatic rings. The summed E-state index contributed by atoms with van der Waals surface area (Å²) in [6.45, 7) is 0. The van der Waals surface area contributed by atoms with E-state index in [-0.39, 0.29) is 12.1 Å². The smallest absolute Gasteiger partial charge is 0.293 e. The van der Waals surface area contributed by atoms with Crippen LogP contribution in [0.25, 0.3) is 0 Å². The number of carbonyl (C=O) groups is 1. The molecular formula is C19H15BrF2N2O2. The first-order valence-corrected chi connectivity index (χ1v) is 8.97. The lowest BCUT2D eigenvalue weighted by molar-refractivity contribution is 0.0185. The molecular weight excluding hydrogens is 406 g/mol. The van der Waals surface area contributed by atoms with Crippen LogP contribution in [0.1, 0.15) is 22.3 Å². The molecule has 4 rings (SSSR count). The predicted octanol–water partition coefficient (Wildman–Crippen LogP) is 4.11. The second kappa shape index (κ2) is 6.46. The van der Waals surface area contributed by atoms with E-state index in [4.69, 9.17) is 4.74 Å². The van der Waals surface area contributed by atoms with Gasteiger partial charge in [-0.1, -0.05) is 46.3 Å². The van der Waals surface area contributed by atoms with Gasteiger partial charge in [-0.25, -0.2) is 13.8 Å². The lowest BCUT2D eigenvalue weighted by Gasteiger charge is -2.33. The Bertz CT molecular complexity index is 875. The fraction of sp³-hybridized carbons (Fsp3) is 0.263. The van der Waals surface area contributed by atoms with E-state index in [1.54, 1.807) is 54.6 Å². The molecule has 1 amide bonds. The van der Waals surface area contributed by atoms with Crippen molar-refractivity contribution in [3.05, 3.63) is 70.2 Å². The number of carbonyl (C=O) groups excluding carboxylic acids is 1. The van der Waals surface area contributed by atoms with Crippen molar-refractivity contribution in [1.29, 1.82) is 0 Å². The van der Waals surface area contributed by atoms with Gasteiger partial charge in [0.05, 0.1) is 0 Å². The number of alkyl halides is 2. The average Bonchev–Trinajstić information content (AvgIpc) is 3.41. The predicted molar refractivity (Wildman–Crippen MR) is 96.1 cm³/mol. The number of hydrogen-bond acceptors (Lipinski definition) is 3. The molecule has 1 aliphatic heterocycles. The van der Waals surface area contributed by atoms with Crippen LogP contribution in [0.3, 0.4) is 0 Å². The summed E-state index contributed by atoms with van der Waals surface area (Å²) >= 11 is 3.33. The summed E-state index contributed by atoms with van der Waals surface area (Å²) in [5.41, 5.74) is -0.905. The molecule has 2 aromatic rings. The average molecular weight is 421 g/mol. The molecule has 1 unspecified atom stereocenters. The van der Waals surface area contributed by atoms with Gasteiger partial charge in [0.1, 0.15) is 6.10 Å². The Balaban J connectivity index is 1.70. The highest BCUT2D eigenvalue weighted by Gasteiger charge is 2.63. The lowest BCUT2D eigenvalue weighted by atomic mass is 9.85. The van der Waals surface area contributed by atoms with Gasteiger partial charge in [0.15, 0.2) is 5.54 Å². The zero-order valence-corrected chi connectivity index (χ0v) is 15.1. The third-order valence-corrected chi connectivity index (χ3v) is 5.22. The third kappa shape index (κ3) is 2.90. The second-order valence-electron chi connectivity index (χ2n) is 6.37. The monoisotopic (exact) mass is 420 g/mol. The number of nitrogens with one attached hydrogen (secondary N) is 1. The highest BCUT2D eigenvalue weighted by Crippen LogP contribution is 2.55. The van der Waals surface area contributed by atoms with Crippen LogP contribution < -0.4 is 5.32 Å². The van der Waals surface area contributed by atoms with Gasteiger partial charge < -0.3 is 4.74 Å². The van der Waals surface area contributed by atoms with Crippen molar-refractivity contribution in [1.82, 2.24) is 5.32 Å². The van der Waals surface area contributed by atoms with Crippen LogP contribution in [0.5, 0.6) is 0 Å². The first kappa shape index (κ1) is 17.1. The van der Waals surface area contributed by atoms with Crippen LogP contribution in [0.4, 0.5) is 8.78 Å². The van der Waals surface area contributed by atoms with Gasteiger partial charge in [-0.2, -0.15) is 0 Å². The van der Waals surface area contributed by atoms with Gasteiger partial charge in [-0.05, 0) is 36.2 Å². The van der Waals surface area contributed by atoms with Crippen molar-refractivity contribution in [2.24, 2.45) is 10.9 Å². The molecule has 1 N–H and O–H groups in total. The molecule has 0 bridgehead atoms. The fourth-order valence-electron chi connectivity index (χ4n) is 3.35. The van der Waals surface area contributed by atoms with Gasteiger partial charge >= 0.3 is 0 Å². The lowest BCUT2D eigenvalue weighted by Crippen LogP contribution is -2.45. The standard InChI is InChI=1S/C19H15BrF2N2O2/c20-13-8-4-7-12(9-13)19(17(21)22)14-10-15(14)26-18(24-19)23-16(25)11-5-2-1-3-6-11/h1-9,14-15,17H,10H2,(H,23,24,25)/t14-,15?,19+/m0/s1. The molecule has 0 aromatic heterocycles. The number of amidine groups is 1. The summed E-state index contributed by atoms with van der Waals surface area (Å²) in [6.07, 6.45) is -2.61. The van der Waals surface area contributed by atoms with Crippen molar-refractivity contribution < 1.29 is 18.3 Å². The Morgan fingerprint density at radius 1 is 1.23 bits per heavy atom. The number of rotatable bonds is 3. The van der Waals surface area contributed by atoms with Crippen molar-refractivity contribution in [2.75, 3.05) is 0 Å². The topological polar surface area (TPSA) is 50.7 Å². The first-order valence-electron chi connectivity index (χ1n) is 8.18. The number of halogens is 3. The molecule has 134 valence electrons. The van der Waals surface area contributed by atoms with E-state index in [1.165, 1.54) is 0 Å². The van der Waals surface area contributed by atoms with E-state index >= 15 is 0 Å². The van der Waals surface area contributed by atoms with Crippen LogP contribution in [0, 0.1) is 5.92 Å². The highest BCUT2D eigenvalue weighted by atomic mass is 79.9. The number of aliphatic imine (C=N–C) groups is 1. The maximum atomic E-state index is 14.2. The molecule has 1 fully saturated rings. The van der Waals surface area contributed by atoms with Crippen molar-refractivity contribution in [2.45, 2.75) is 24.5 Å². The van der Waals surface area contributed by atoms with Crippen molar-refractivity contribution in [3.63, 3.8) is 0 Å². The molecule has 0 saturated heterocycles. The maximum Gasteiger partial charge on any atom is 0.293 e. The van der Waals surface area contributed by atoms with Gasteiger partial charge in [-0.3, -0.25) is 10.1 Å². The number of hydrogen-bond donors (Lipinski definition) is 1. The summed E-state index contributed by atoms with van der Waals surface area (Å²) in [5.74, 6) is -0.852. The number of fused-ring (bicyclic) bond motifs is 1. The molecule has 2 aromatic carbocycles. The van der Waals surface area contributed by atoms with Crippen LogP contribution in [-0.4, -0.2) is 24.5 Å². The fourth-order valence-corrected chi connectivity index (χ4v) is 3.75. The number of amides is 1. The largest absolute Gasteiger partial charge is 0.461 e. The van der Waals surface area contributed by atoms with E-state index in [1.807, 2.05) is 0 Å². The first-order chi connectivity index (χ1) is 12.5. The zero-order chi connectivity index (χ0) is 18.3. The van der Waals surface area contributed by atoms with Crippen LogP contribution >= 0.6 is 15.9 Å². The molecule has 7 heteroatoms. The van der Waals surface area contributed by atoms with Crippen molar-refractivity contribution >= 4 is 27.9 Å². The molecule has 4 nitrogen and oxygen atoms in total. The number of benzene rings is 2. The third-order valence-electron chi connectivity index (χ3n) is 4.72. The summed E-state index contributed by atoms with van der Waals surface area (Å²) in [4.78, 5) is 16.5. The minimum atomic E-state index is -2.72. The molecule has 26 heavy (non-hydrogen) atoms. The highest BCUT2D eigenvalue weighted by molar-refractivity contribution is 9.10. The van der Waals surface area contributed by atoms with Crippen LogP contribution in [0.15, 0.2) is 64.1 Å². The minimum Gasteiger partial charge on any atom is -0.461 e. The zero-order valence-electron chi connectivity index (χ0n) is 13.5. The summed E-state index contributed by atoms with van der Waals surface area (Å²) in [6, 6.07) is 15.1.